The van der Waals surface area contributed by atoms with Gasteiger partial charge in [0, 0.05) is 0 Å². The SMILES string of the molecule is Cc1cc(NS(=O)(=O)c2ccc(Cl)c(N)c2Cl)cnc1Cl. The normalized spacial score (nSPS) is 11.4. The highest BCUT2D eigenvalue weighted by Gasteiger charge is 2.21. The third kappa shape index (κ3) is 3.35. The summed E-state index contributed by atoms with van der Waals surface area (Å²) < 4.78 is 27.0. The molecule has 0 unspecified atom stereocenters. The average Bonchev–Trinajstić information content (AvgIpc) is 2.39. The van der Waals surface area contributed by atoms with E-state index in [0.29, 0.717) is 10.7 Å². The van der Waals surface area contributed by atoms with Crippen molar-refractivity contribution < 1.29 is 8.42 Å². The second kappa shape index (κ2) is 5.88. The van der Waals surface area contributed by atoms with Crippen molar-refractivity contribution in [3.63, 3.8) is 0 Å². The van der Waals surface area contributed by atoms with E-state index in [0.717, 1.165) is 0 Å². The molecule has 0 saturated carbocycles. The zero-order valence-corrected chi connectivity index (χ0v) is 13.8. The standard InChI is InChI=1S/C12H10Cl3N3O2S/c1-6-4-7(5-17-12(6)15)18-21(19,20)9-3-2-8(13)11(16)10(9)14/h2-5,18H,16H2,1H3. The van der Waals surface area contributed by atoms with Crippen molar-refractivity contribution in [3.8, 4) is 0 Å². The van der Waals surface area contributed by atoms with Crippen molar-refractivity contribution in [2.24, 2.45) is 0 Å². The molecule has 0 fully saturated rings. The van der Waals surface area contributed by atoms with Gasteiger partial charge in [0.1, 0.15) is 10.0 Å². The second-order valence-corrected chi connectivity index (χ2v) is 7.00. The Kier molecular flexibility index (Phi) is 4.53. The highest BCUT2D eigenvalue weighted by atomic mass is 35.5. The van der Waals surface area contributed by atoms with Crippen LogP contribution in [0.5, 0.6) is 0 Å². The van der Waals surface area contributed by atoms with Gasteiger partial charge in [-0.05, 0) is 30.7 Å². The summed E-state index contributed by atoms with van der Waals surface area (Å²) in [5.74, 6) is 0. The summed E-state index contributed by atoms with van der Waals surface area (Å²) in [6.07, 6.45) is 1.31. The average molecular weight is 367 g/mol. The number of aromatic nitrogens is 1. The number of nitrogens with zero attached hydrogens (tertiary/aromatic N) is 1. The molecule has 2 aromatic rings. The number of halogens is 3. The quantitative estimate of drug-likeness (QED) is 0.640. The van der Waals surface area contributed by atoms with E-state index in [1.54, 1.807) is 13.0 Å². The molecule has 0 aliphatic carbocycles. The maximum absolute atomic E-state index is 12.3. The molecule has 0 atom stereocenters. The van der Waals surface area contributed by atoms with Crippen LogP contribution in [0.3, 0.4) is 0 Å². The maximum atomic E-state index is 12.3. The zero-order chi connectivity index (χ0) is 15.8. The summed E-state index contributed by atoms with van der Waals surface area (Å²) in [5, 5.41) is 0.350. The fourth-order valence-electron chi connectivity index (χ4n) is 1.58. The molecule has 0 spiro atoms. The van der Waals surface area contributed by atoms with Gasteiger partial charge >= 0.3 is 0 Å². The molecule has 2 rings (SSSR count). The second-order valence-electron chi connectivity index (χ2n) is 4.21. The fourth-order valence-corrected chi connectivity index (χ4v) is 3.48. The molecule has 0 aliphatic rings. The van der Waals surface area contributed by atoms with Crippen LogP contribution >= 0.6 is 34.8 Å². The highest BCUT2D eigenvalue weighted by molar-refractivity contribution is 7.92. The van der Waals surface area contributed by atoms with E-state index in [9.17, 15) is 8.42 Å². The number of aryl methyl sites for hydroxylation is 1. The van der Waals surface area contributed by atoms with Crippen molar-refractivity contribution >= 4 is 56.2 Å². The highest BCUT2D eigenvalue weighted by Crippen LogP contribution is 2.34. The van der Waals surface area contributed by atoms with Gasteiger partial charge in [-0.2, -0.15) is 0 Å². The van der Waals surface area contributed by atoms with Gasteiger partial charge in [0.2, 0.25) is 0 Å². The van der Waals surface area contributed by atoms with Gasteiger partial charge in [0.15, 0.2) is 0 Å². The minimum atomic E-state index is -3.92. The first-order chi connectivity index (χ1) is 9.72. The van der Waals surface area contributed by atoms with Crippen LogP contribution in [0.4, 0.5) is 11.4 Å². The van der Waals surface area contributed by atoms with Gasteiger partial charge < -0.3 is 5.73 Å². The van der Waals surface area contributed by atoms with Crippen molar-refractivity contribution in [1.29, 1.82) is 0 Å². The summed E-state index contributed by atoms with van der Waals surface area (Å²) in [5.41, 5.74) is 6.54. The third-order valence-corrected chi connectivity index (χ3v) is 5.32. The van der Waals surface area contributed by atoms with Crippen molar-refractivity contribution in [1.82, 2.24) is 4.98 Å². The van der Waals surface area contributed by atoms with E-state index >= 15 is 0 Å². The number of anilines is 2. The molecule has 5 nitrogen and oxygen atoms in total. The number of benzene rings is 1. The molecule has 0 saturated heterocycles. The van der Waals surface area contributed by atoms with Crippen LogP contribution in [0, 0.1) is 6.92 Å². The zero-order valence-electron chi connectivity index (χ0n) is 10.7. The van der Waals surface area contributed by atoms with Crippen LogP contribution in [0.25, 0.3) is 0 Å². The number of nitrogens with one attached hydrogen (secondary N) is 1. The smallest absolute Gasteiger partial charge is 0.263 e. The van der Waals surface area contributed by atoms with Crippen LogP contribution in [-0.2, 0) is 10.0 Å². The summed E-state index contributed by atoms with van der Waals surface area (Å²) >= 11 is 17.5. The molecule has 112 valence electrons. The predicted molar refractivity (Wildman–Crippen MR) is 85.7 cm³/mol. The Balaban J connectivity index is 2.43. The third-order valence-electron chi connectivity index (χ3n) is 2.65. The number of sulfonamides is 1. The molecule has 0 aliphatic heterocycles. The Morgan fingerprint density at radius 2 is 1.90 bits per heavy atom. The van der Waals surface area contributed by atoms with Crippen LogP contribution in [0.15, 0.2) is 29.3 Å². The molecule has 0 radical (unpaired) electrons. The molecular formula is C12H10Cl3N3O2S. The number of hydrogen-bond acceptors (Lipinski definition) is 4. The number of nitrogens with two attached hydrogens (primary N) is 1. The molecule has 1 aromatic carbocycles. The predicted octanol–water partition coefficient (Wildman–Crippen LogP) is 3.73. The van der Waals surface area contributed by atoms with E-state index in [4.69, 9.17) is 40.5 Å². The lowest BCUT2D eigenvalue weighted by Crippen LogP contribution is -2.14. The van der Waals surface area contributed by atoms with E-state index in [-0.39, 0.29) is 26.3 Å². The molecule has 21 heavy (non-hydrogen) atoms. The van der Waals surface area contributed by atoms with Gasteiger partial charge in [0.05, 0.1) is 27.6 Å². The van der Waals surface area contributed by atoms with E-state index in [2.05, 4.69) is 9.71 Å². The number of rotatable bonds is 3. The van der Waals surface area contributed by atoms with E-state index < -0.39 is 10.0 Å². The lowest BCUT2D eigenvalue weighted by molar-refractivity contribution is 0.601. The van der Waals surface area contributed by atoms with Crippen molar-refractivity contribution in [2.75, 3.05) is 10.5 Å². The van der Waals surface area contributed by atoms with Crippen LogP contribution in [-0.4, -0.2) is 13.4 Å². The van der Waals surface area contributed by atoms with Gasteiger partial charge in [-0.1, -0.05) is 34.8 Å². The molecule has 3 N–H and O–H groups in total. The number of pyridine rings is 1. The van der Waals surface area contributed by atoms with Crippen LogP contribution < -0.4 is 10.5 Å². The molecule has 0 bridgehead atoms. The first-order valence-electron chi connectivity index (χ1n) is 5.61. The van der Waals surface area contributed by atoms with Gasteiger partial charge in [-0.25, -0.2) is 13.4 Å². The molecule has 1 aromatic heterocycles. The Labute approximate surface area is 137 Å². The van der Waals surface area contributed by atoms with Gasteiger partial charge in [-0.15, -0.1) is 0 Å². The Morgan fingerprint density at radius 1 is 1.24 bits per heavy atom. The van der Waals surface area contributed by atoms with E-state index in [1.165, 1.54) is 18.3 Å². The van der Waals surface area contributed by atoms with Crippen molar-refractivity contribution in [3.05, 3.63) is 45.2 Å². The monoisotopic (exact) mass is 365 g/mol. The van der Waals surface area contributed by atoms with Gasteiger partial charge in [-0.3, -0.25) is 4.72 Å². The summed E-state index contributed by atoms with van der Waals surface area (Å²) in [6.45, 7) is 1.71. The Bertz CT molecular complexity index is 810. The lowest BCUT2D eigenvalue weighted by Gasteiger charge is -2.12. The van der Waals surface area contributed by atoms with Gasteiger partial charge in [0.25, 0.3) is 10.0 Å². The summed E-state index contributed by atoms with van der Waals surface area (Å²) in [7, 11) is -3.92. The Morgan fingerprint density at radius 3 is 2.52 bits per heavy atom. The molecule has 9 heteroatoms. The van der Waals surface area contributed by atoms with Crippen molar-refractivity contribution in [2.45, 2.75) is 11.8 Å². The number of nitrogen functional groups attached to an aromatic ring is 1. The molecular weight excluding hydrogens is 357 g/mol. The minimum Gasteiger partial charge on any atom is -0.396 e. The first-order valence-corrected chi connectivity index (χ1v) is 8.22. The first kappa shape index (κ1) is 16.2. The minimum absolute atomic E-state index is 0.00613. The summed E-state index contributed by atoms with van der Waals surface area (Å²) in [4.78, 5) is 3.70. The largest absolute Gasteiger partial charge is 0.396 e. The number of hydrogen-bond donors (Lipinski definition) is 2. The lowest BCUT2D eigenvalue weighted by atomic mass is 10.3. The maximum Gasteiger partial charge on any atom is 0.263 e. The molecule has 0 amide bonds. The summed E-state index contributed by atoms with van der Waals surface area (Å²) in [6, 6.07) is 4.20. The fraction of sp³-hybridized carbons (Fsp3) is 0.0833. The van der Waals surface area contributed by atoms with E-state index in [1.807, 2.05) is 0 Å². The van der Waals surface area contributed by atoms with Crippen LogP contribution in [0.1, 0.15) is 5.56 Å². The molecule has 1 heterocycles. The van der Waals surface area contributed by atoms with Crippen LogP contribution in [0.2, 0.25) is 15.2 Å². The Hall–Kier alpha value is -1.21. The topological polar surface area (TPSA) is 85.1 Å².